The van der Waals surface area contributed by atoms with E-state index in [1.807, 2.05) is 16.9 Å². The van der Waals surface area contributed by atoms with Crippen molar-refractivity contribution in [1.82, 2.24) is 20.1 Å². The van der Waals surface area contributed by atoms with Crippen molar-refractivity contribution < 1.29 is 4.74 Å². The fourth-order valence-electron chi connectivity index (χ4n) is 2.38. The maximum absolute atomic E-state index is 6.38. The van der Waals surface area contributed by atoms with Crippen molar-refractivity contribution in [2.75, 3.05) is 20.3 Å². The summed E-state index contributed by atoms with van der Waals surface area (Å²) in [6, 6.07) is 2.01. The SMILES string of the molecule is CCNC(c1ccncc1C)c1c(Cl)cnn1CCOC. The van der Waals surface area contributed by atoms with Gasteiger partial charge in [-0.2, -0.15) is 5.10 Å². The van der Waals surface area contributed by atoms with Gasteiger partial charge in [-0.25, -0.2) is 0 Å². The maximum atomic E-state index is 6.38. The number of pyridine rings is 1. The van der Waals surface area contributed by atoms with Crippen molar-refractivity contribution in [2.45, 2.75) is 26.4 Å². The molecule has 2 aromatic heterocycles. The van der Waals surface area contributed by atoms with E-state index in [4.69, 9.17) is 16.3 Å². The van der Waals surface area contributed by atoms with Gasteiger partial charge >= 0.3 is 0 Å². The highest BCUT2D eigenvalue weighted by Crippen LogP contribution is 2.29. The minimum Gasteiger partial charge on any atom is -0.383 e. The first-order valence-electron chi connectivity index (χ1n) is 7.03. The average Bonchev–Trinajstić information content (AvgIpc) is 2.84. The maximum Gasteiger partial charge on any atom is 0.0837 e. The molecule has 114 valence electrons. The number of rotatable bonds is 7. The number of aryl methyl sites for hydroxylation is 1. The number of aromatic nitrogens is 3. The molecule has 0 aliphatic carbocycles. The number of nitrogens with one attached hydrogen (secondary N) is 1. The summed E-state index contributed by atoms with van der Waals surface area (Å²) < 4.78 is 7.05. The van der Waals surface area contributed by atoms with Crippen LogP contribution in [0, 0.1) is 6.92 Å². The Morgan fingerprint density at radius 1 is 1.43 bits per heavy atom. The zero-order valence-electron chi connectivity index (χ0n) is 12.6. The molecule has 2 heterocycles. The number of methoxy groups -OCH3 is 1. The molecular weight excluding hydrogens is 288 g/mol. The minimum atomic E-state index is -0.00939. The minimum absolute atomic E-state index is 0.00939. The zero-order chi connectivity index (χ0) is 15.2. The standard InChI is InChI=1S/C15H21ClN4O/c1-4-18-14(12-5-6-17-9-11(12)2)15-13(16)10-19-20(15)7-8-21-3/h5-6,9-10,14,18H,4,7-8H2,1-3H3. The second-order valence-electron chi connectivity index (χ2n) is 4.82. The van der Waals surface area contributed by atoms with Gasteiger partial charge in [0.15, 0.2) is 0 Å². The molecular formula is C15H21ClN4O. The molecule has 0 bridgehead atoms. The highest BCUT2D eigenvalue weighted by molar-refractivity contribution is 6.31. The van der Waals surface area contributed by atoms with Gasteiger partial charge in [-0.05, 0) is 30.7 Å². The molecule has 0 aromatic carbocycles. The highest BCUT2D eigenvalue weighted by atomic mass is 35.5. The van der Waals surface area contributed by atoms with Crippen LogP contribution in [0.15, 0.2) is 24.7 Å². The highest BCUT2D eigenvalue weighted by Gasteiger charge is 2.22. The van der Waals surface area contributed by atoms with E-state index in [1.165, 1.54) is 0 Å². The average molecular weight is 309 g/mol. The van der Waals surface area contributed by atoms with E-state index in [-0.39, 0.29) is 6.04 Å². The molecule has 0 saturated carbocycles. The summed E-state index contributed by atoms with van der Waals surface area (Å²) in [5.74, 6) is 0. The normalized spacial score (nSPS) is 12.6. The summed E-state index contributed by atoms with van der Waals surface area (Å²) in [5, 5.41) is 8.51. The molecule has 0 fully saturated rings. The summed E-state index contributed by atoms with van der Waals surface area (Å²) in [6.07, 6.45) is 5.35. The first-order chi connectivity index (χ1) is 10.2. The van der Waals surface area contributed by atoms with Gasteiger partial charge in [0.05, 0.1) is 36.1 Å². The fraction of sp³-hybridized carbons (Fsp3) is 0.467. The third kappa shape index (κ3) is 3.61. The second-order valence-corrected chi connectivity index (χ2v) is 5.22. The molecule has 0 aliphatic rings. The lowest BCUT2D eigenvalue weighted by atomic mass is 10.0. The Labute approximate surface area is 130 Å². The summed E-state index contributed by atoms with van der Waals surface area (Å²) in [6.45, 7) is 6.23. The second kappa shape index (κ2) is 7.54. The third-order valence-corrected chi connectivity index (χ3v) is 3.69. The van der Waals surface area contributed by atoms with Crippen LogP contribution >= 0.6 is 11.6 Å². The van der Waals surface area contributed by atoms with Crippen LogP contribution in [-0.4, -0.2) is 35.0 Å². The monoisotopic (exact) mass is 308 g/mol. The molecule has 1 unspecified atom stereocenters. The number of hydrogen-bond acceptors (Lipinski definition) is 4. The number of nitrogens with zero attached hydrogens (tertiary/aromatic N) is 3. The first kappa shape index (κ1) is 15.9. The fourth-order valence-corrected chi connectivity index (χ4v) is 2.63. The molecule has 0 saturated heterocycles. The lowest BCUT2D eigenvalue weighted by molar-refractivity contribution is 0.182. The summed E-state index contributed by atoms with van der Waals surface area (Å²) in [7, 11) is 1.68. The molecule has 0 aliphatic heterocycles. The predicted molar refractivity (Wildman–Crippen MR) is 83.6 cm³/mol. The van der Waals surface area contributed by atoms with Crippen LogP contribution in [0.2, 0.25) is 5.02 Å². The molecule has 2 rings (SSSR count). The Bertz CT molecular complexity index is 585. The molecule has 0 spiro atoms. The molecule has 2 aromatic rings. The molecule has 1 N–H and O–H groups in total. The zero-order valence-corrected chi connectivity index (χ0v) is 13.4. The lowest BCUT2D eigenvalue weighted by Gasteiger charge is -2.22. The van der Waals surface area contributed by atoms with Crippen LogP contribution in [0.1, 0.15) is 29.8 Å². The molecule has 0 radical (unpaired) electrons. The van der Waals surface area contributed by atoms with Gasteiger partial charge in [0.1, 0.15) is 0 Å². The Hall–Kier alpha value is -1.43. The van der Waals surface area contributed by atoms with Gasteiger partial charge in [0.2, 0.25) is 0 Å². The number of halogens is 1. The largest absolute Gasteiger partial charge is 0.383 e. The van der Waals surface area contributed by atoms with Gasteiger partial charge in [0, 0.05) is 19.5 Å². The van der Waals surface area contributed by atoms with Crippen LogP contribution in [0.4, 0.5) is 0 Å². The summed E-state index contributed by atoms with van der Waals surface area (Å²) in [4.78, 5) is 4.16. The van der Waals surface area contributed by atoms with Crippen LogP contribution in [-0.2, 0) is 11.3 Å². The van der Waals surface area contributed by atoms with Gasteiger partial charge < -0.3 is 10.1 Å². The van der Waals surface area contributed by atoms with Gasteiger partial charge in [-0.15, -0.1) is 0 Å². The smallest absolute Gasteiger partial charge is 0.0837 e. The molecule has 21 heavy (non-hydrogen) atoms. The van der Waals surface area contributed by atoms with Crippen molar-refractivity contribution in [2.24, 2.45) is 0 Å². The lowest BCUT2D eigenvalue weighted by Crippen LogP contribution is -2.26. The van der Waals surface area contributed by atoms with Crippen LogP contribution < -0.4 is 5.32 Å². The first-order valence-corrected chi connectivity index (χ1v) is 7.40. The van der Waals surface area contributed by atoms with Crippen molar-refractivity contribution in [1.29, 1.82) is 0 Å². The van der Waals surface area contributed by atoms with E-state index in [9.17, 15) is 0 Å². The summed E-state index contributed by atoms with van der Waals surface area (Å²) in [5.41, 5.74) is 3.25. The Kier molecular flexibility index (Phi) is 5.73. The van der Waals surface area contributed by atoms with E-state index < -0.39 is 0 Å². The molecule has 6 heteroatoms. The van der Waals surface area contributed by atoms with Crippen LogP contribution in [0.5, 0.6) is 0 Å². The van der Waals surface area contributed by atoms with Crippen molar-refractivity contribution in [3.05, 3.63) is 46.5 Å². The van der Waals surface area contributed by atoms with Crippen molar-refractivity contribution in [3.8, 4) is 0 Å². The predicted octanol–water partition coefficient (Wildman–Crippen LogP) is 2.59. The van der Waals surface area contributed by atoms with E-state index in [2.05, 4.69) is 29.2 Å². The van der Waals surface area contributed by atoms with Crippen molar-refractivity contribution >= 4 is 11.6 Å². The van der Waals surface area contributed by atoms with Gasteiger partial charge in [0.25, 0.3) is 0 Å². The Morgan fingerprint density at radius 2 is 2.24 bits per heavy atom. The molecule has 0 amide bonds. The summed E-state index contributed by atoms with van der Waals surface area (Å²) >= 11 is 6.38. The Balaban J connectivity index is 2.43. The van der Waals surface area contributed by atoms with Gasteiger partial charge in [-0.3, -0.25) is 9.67 Å². The van der Waals surface area contributed by atoms with E-state index >= 15 is 0 Å². The Morgan fingerprint density at radius 3 is 2.90 bits per heavy atom. The third-order valence-electron chi connectivity index (χ3n) is 3.40. The van der Waals surface area contributed by atoms with Crippen LogP contribution in [0.25, 0.3) is 0 Å². The van der Waals surface area contributed by atoms with Crippen molar-refractivity contribution in [3.63, 3.8) is 0 Å². The number of hydrogen-bond donors (Lipinski definition) is 1. The quantitative estimate of drug-likeness (QED) is 0.854. The van der Waals surface area contributed by atoms with E-state index in [1.54, 1.807) is 19.5 Å². The van der Waals surface area contributed by atoms with Crippen LogP contribution in [0.3, 0.4) is 0 Å². The van der Waals surface area contributed by atoms with E-state index in [0.717, 1.165) is 23.4 Å². The number of ether oxygens (including phenoxy) is 1. The van der Waals surface area contributed by atoms with E-state index in [0.29, 0.717) is 18.2 Å². The molecule has 5 nitrogen and oxygen atoms in total. The van der Waals surface area contributed by atoms with Gasteiger partial charge in [-0.1, -0.05) is 18.5 Å². The molecule has 1 atom stereocenters. The topological polar surface area (TPSA) is 52.0 Å².